The Morgan fingerprint density at radius 1 is 1.26 bits per heavy atom. The van der Waals surface area contributed by atoms with Crippen LogP contribution in [-0.4, -0.2) is 17.3 Å². The molecule has 2 N–H and O–H groups in total. The molecule has 0 amide bonds. The molecule has 1 aliphatic rings. The summed E-state index contributed by atoms with van der Waals surface area (Å²) in [7, 11) is 0. The number of aromatic nitrogens is 1. The number of ketones is 1. The van der Waals surface area contributed by atoms with Crippen LogP contribution in [-0.2, 0) is 0 Å². The van der Waals surface area contributed by atoms with E-state index in [4.69, 9.17) is 5.73 Å². The van der Waals surface area contributed by atoms with E-state index in [0.717, 1.165) is 42.0 Å². The van der Waals surface area contributed by atoms with E-state index in [1.165, 1.54) is 0 Å². The summed E-state index contributed by atoms with van der Waals surface area (Å²) in [5.41, 5.74) is 6.35. The van der Waals surface area contributed by atoms with E-state index in [2.05, 4.69) is 4.98 Å². The van der Waals surface area contributed by atoms with Crippen molar-refractivity contribution in [1.82, 2.24) is 4.98 Å². The topological polar surface area (TPSA) is 56.0 Å². The Morgan fingerprint density at radius 2 is 2.05 bits per heavy atom. The minimum absolute atomic E-state index is 0.200. The van der Waals surface area contributed by atoms with Gasteiger partial charge in [-0.2, -0.15) is 0 Å². The molecule has 0 spiro atoms. The van der Waals surface area contributed by atoms with Crippen molar-refractivity contribution in [3.8, 4) is 0 Å². The first-order valence-electron chi connectivity index (χ1n) is 6.84. The first-order chi connectivity index (χ1) is 9.27. The predicted molar refractivity (Wildman–Crippen MR) is 76.0 cm³/mol. The van der Waals surface area contributed by atoms with Crippen molar-refractivity contribution in [3.63, 3.8) is 0 Å². The highest BCUT2D eigenvalue weighted by molar-refractivity contribution is 6.10. The minimum Gasteiger partial charge on any atom is -0.329 e. The molecule has 1 fully saturated rings. The van der Waals surface area contributed by atoms with Crippen LogP contribution >= 0.6 is 0 Å². The SMILES string of the molecule is NCC1(C(=O)c2cccc3ccncc23)CCCC1. The number of benzene rings is 1. The first-order valence-corrected chi connectivity index (χ1v) is 6.84. The summed E-state index contributed by atoms with van der Waals surface area (Å²) >= 11 is 0. The van der Waals surface area contributed by atoms with Gasteiger partial charge in [0, 0.05) is 35.3 Å². The molecule has 0 aliphatic heterocycles. The number of carbonyl (C=O) groups excluding carboxylic acids is 1. The molecule has 19 heavy (non-hydrogen) atoms. The molecule has 1 aliphatic carbocycles. The zero-order valence-corrected chi connectivity index (χ0v) is 10.9. The number of hydrogen-bond donors (Lipinski definition) is 1. The third-order valence-corrected chi connectivity index (χ3v) is 4.36. The molecular weight excluding hydrogens is 236 g/mol. The Labute approximate surface area is 112 Å². The highest BCUT2D eigenvalue weighted by atomic mass is 16.1. The number of nitrogens with two attached hydrogens (primary N) is 1. The Balaban J connectivity index is 2.11. The van der Waals surface area contributed by atoms with Crippen molar-refractivity contribution in [1.29, 1.82) is 0 Å². The number of hydrogen-bond acceptors (Lipinski definition) is 3. The van der Waals surface area contributed by atoms with E-state index in [1.54, 1.807) is 12.4 Å². The molecule has 0 unspecified atom stereocenters. The normalized spacial score (nSPS) is 17.7. The van der Waals surface area contributed by atoms with Gasteiger partial charge in [-0.15, -0.1) is 0 Å². The molecule has 0 atom stereocenters. The third kappa shape index (κ3) is 1.94. The fourth-order valence-electron chi connectivity index (χ4n) is 3.17. The monoisotopic (exact) mass is 254 g/mol. The fraction of sp³-hybridized carbons (Fsp3) is 0.375. The number of rotatable bonds is 3. The Hall–Kier alpha value is -1.74. The van der Waals surface area contributed by atoms with Gasteiger partial charge in [0.1, 0.15) is 0 Å². The van der Waals surface area contributed by atoms with Crippen LogP contribution in [0.25, 0.3) is 10.8 Å². The molecule has 3 heteroatoms. The van der Waals surface area contributed by atoms with Crippen molar-refractivity contribution in [2.24, 2.45) is 11.1 Å². The minimum atomic E-state index is -0.343. The summed E-state index contributed by atoms with van der Waals surface area (Å²) in [6.07, 6.45) is 7.57. The molecule has 0 saturated heterocycles. The molecule has 3 rings (SSSR count). The fourth-order valence-corrected chi connectivity index (χ4v) is 3.17. The van der Waals surface area contributed by atoms with Crippen LogP contribution in [0.15, 0.2) is 36.7 Å². The van der Waals surface area contributed by atoms with Crippen LogP contribution in [0.3, 0.4) is 0 Å². The Morgan fingerprint density at radius 3 is 2.79 bits per heavy atom. The molecule has 98 valence electrons. The number of carbonyl (C=O) groups is 1. The smallest absolute Gasteiger partial charge is 0.170 e. The van der Waals surface area contributed by atoms with Gasteiger partial charge < -0.3 is 5.73 Å². The molecule has 2 aromatic rings. The molecule has 0 bridgehead atoms. The Bertz CT molecular complexity index is 610. The average Bonchev–Trinajstić information content (AvgIpc) is 2.96. The van der Waals surface area contributed by atoms with Gasteiger partial charge in [0.2, 0.25) is 0 Å². The van der Waals surface area contributed by atoms with E-state index in [9.17, 15) is 4.79 Å². The summed E-state index contributed by atoms with van der Waals surface area (Å²) in [5.74, 6) is 0.200. The maximum Gasteiger partial charge on any atom is 0.170 e. The van der Waals surface area contributed by atoms with Crippen LogP contribution < -0.4 is 5.73 Å². The van der Waals surface area contributed by atoms with E-state index >= 15 is 0 Å². The predicted octanol–water partition coefficient (Wildman–Crippen LogP) is 2.94. The average molecular weight is 254 g/mol. The second kappa shape index (κ2) is 4.74. The standard InChI is InChI=1S/C16H18N2O/c17-11-16(7-1-2-8-16)15(19)13-5-3-4-12-6-9-18-10-14(12)13/h3-6,9-10H,1-2,7-8,11,17H2. The van der Waals surface area contributed by atoms with Crippen molar-refractivity contribution in [2.45, 2.75) is 25.7 Å². The molecule has 1 saturated carbocycles. The van der Waals surface area contributed by atoms with Gasteiger partial charge in [-0.05, 0) is 24.3 Å². The molecule has 1 aromatic carbocycles. The van der Waals surface area contributed by atoms with Gasteiger partial charge in [0.15, 0.2) is 5.78 Å². The zero-order chi connectivity index (χ0) is 13.3. The molecule has 1 aromatic heterocycles. The summed E-state index contributed by atoms with van der Waals surface area (Å²) in [6.45, 7) is 0.447. The number of fused-ring (bicyclic) bond motifs is 1. The van der Waals surface area contributed by atoms with E-state index < -0.39 is 0 Å². The van der Waals surface area contributed by atoms with Crippen LogP contribution in [0.2, 0.25) is 0 Å². The summed E-state index contributed by atoms with van der Waals surface area (Å²) in [4.78, 5) is 17.1. The van der Waals surface area contributed by atoms with Gasteiger partial charge in [-0.3, -0.25) is 9.78 Å². The van der Waals surface area contributed by atoms with Crippen molar-refractivity contribution >= 4 is 16.6 Å². The quantitative estimate of drug-likeness (QED) is 0.857. The van der Waals surface area contributed by atoms with E-state index in [-0.39, 0.29) is 11.2 Å². The van der Waals surface area contributed by atoms with Gasteiger partial charge in [-0.1, -0.05) is 31.0 Å². The number of pyridine rings is 1. The summed E-state index contributed by atoms with van der Waals surface area (Å²) < 4.78 is 0. The lowest BCUT2D eigenvalue weighted by Crippen LogP contribution is -2.36. The maximum atomic E-state index is 12.9. The lowest BCUT2D eigenvalue weighted by atomic mass is 9.78. The Kier molecular flexibility index (Phi) is 3.07. The largest absolute Gasteiger partial charge is 0.329 e. The van der Waals surface area contributed by atoms with Crippen LogP contribution in [0.4, 0.5) is 0 Å². The van der Waals surface area contributed by atoms with Crippen LogP contribution in [0.5, 0.6) is 0 Å². The van der Waals surface area contributed by atoms with E-state index in [0.29, 0.717) is 6.54 Å². The number of Topliss-reactive ketones (excluding diaryl/α,β-unsaturated/α-hetero) is 1. The first kappa shape index (κ1) is 12.3. The second-order valence-corrected chi connectivity index (χ2v) is 5.42. The van der Waals surface area contributed by atoms with Gasteiger partial charge in [0.05, 0.1) is 0 Å². The highest BCUT2D eigenvalue weighted by Crippen LogP contribution is 2.40. The lowest BCUT2D eigenvalue weighted by molar-refractivity contribution is 0.0811. The highest BCUT2D eigenvalue weighted by Gasteiger charge is 2.40. The van der Waals surface area contributed by atoms with Gasteiger partial charge >= 0.3 is 0 Å². The number of nitrogens with zero attached hydrogens (tertiary/aromatic N) is 1. The maximum absolute atomic E-state index is 12.9. The zero-order valence-electron chi connectivity index (χ0n) is 10.9. The lowest BCUT2D eigenvalue weighted by Gasteiger charge is -2.26. The van der Waals surface area contributed by atoms with Crippen molar-refractivity contribution in [3.05, 3.63) is 42.2 Å². The van der Waals surface area contributed by atoms with Crippen LogP contribution in [0, 0.1) is 5.41 Å². The van der Waals surface area contributed by atoms with Gasteiger partial charge in [-0.25, -0.2) is 0 Å². The summed E-state index contributed by atoms with van der Waals surface area (Å²) in [6, 6.07) is 7.80. The molecule has 0 radical (unpaired) electrons. The molecular formula is C16H18N2O. The summed E-state index contributed by atoms with van der Waals surface area (Å²) in [5, 5.41) is 2.00. The molecule has 1 heterocycles. The van der Waals surface area contributed by atoms with Gasteiger partial charge in [0.25, 0.3) is 0 Å². The molecule has 3 nitrogen and oxygen atoms in total. The second-order valence-electron chi connectivity index (χ2n) is 5.42. The van der Waals surface area contributed by atoms with Crippen LogP contribution in [0.1, 0.15) is 36.0 Å². The van der Waals surface area contributed by atoms with Crippen molar-refractivity contribution in [2.75, 3.05) is 6.54 Å². The van der Waals surface area contributed by atoms with E-state index in [1.807, 2.05) is 24.3 Å². The third-order valence-electron chi connectivity index (χ3n) is 4.36. The van der Waals surface area contributed by atoms with Crippen molar-refractivity contribution < 1.29 is 4.79 Å².